The molecule has 1 heterocycles. The van der Waals surface area contributed by atoms with Crippen LogP contribution in [0.3, 0.4) is 0 Å². The predicted octanol–water partition coefficient (Wildman–Crippen LogP) is 2.26. The summed E-state index contributed by atoms with van der Waals surface area (Å²) in [5.74, 6) is 0. The Labute approximate surface area is 114 Å². The summed E-state index contributed by atoms with van der Waals surface area (Å²) in [6.45, 7) is 3.06. The minimum absolute atomic E-state index is 0.0824. The Balaban J connectivity index is 2.04. The van der Waals surface area contributed by atoms with Crippen LogP contribution in [0.2, 0.25) is 5.02 Å². The summed E-state index contributed by atoms with van der Waals surface area (Å²) in [6, 6.07) is 3.02. The van der Waals surface area contributed by atoms with Crippen molar-refractivity contribution < 1.29 is 4.92 Å². The fourth-order valence-corrected chi connectivity index (χ4v) is 1.89. The molecule has 100 valence electrons. The molecule has 0 atom stereocenters. The Hall–Kier alpha value is -2.15. The maximum atomic E-state index is 10.7. The summed E-state index contributed by atoms with van der Waals surface area (Å²) in [5, 5.41) is 21.6. The topological polar surface area (TPSA) is 85.9 Å². The fourth-order valence-electron chi connectivity index (χ4n) is 1.65. The Kier molecular flexibility index (Phi) is 3.96. The van der Waals surface area contributed by atoms with Crippen LogP contribution in [0.25, 0.3) is 0 Å². The Morgan fingerprint density at radius 2 is 2.32 bits per heavy atom. The van der Waals surface area contributed by atoms with E-state index in [0.29, 0.717) is 13.1 Å². The third-order valence-corrected chi connectivity index (χ3v) is 2.92. The first kappa shape index (κ1) is 13.3. The number of hydrogen-bond acceptors (Lipinski definition) is 5. The van der Waals surface area contributed by atoms with Crippen molar-refractivity contribution in [3.8, 4) is 0 Å². The molecule has 8 heteroatoms. The number of nitro groups is 1. The molecule has 0 spiro atoms. The normalized spacial score (nSPS) is 10.4. The molecule has 0 unspecified atom stereocenters. The second kappa shape index (κ2) is 5.66. The largest absolute Gasteiger partial charge is 0.383 e. The van der Waals surface area contributed by atoms with Crippen molar-refractivity contribution in [2.24, 2.45) is 0 Å². The second-order valence-electron chi connectivity index (χ2n) is 3.97. The van der Waals surface area contributed by atoms with Gasteiger partial charge in [-0.1, -0.05) is 16.8 Å². The van der Waals surface area contributed by atoms with E-state index in [1.54, 1.807) is 30.1 Å². The fraction of sp³-hybridized carbons (Fsp3) is 0.273. The van der Waals surface area contributed by atoms with E-state index in [4.69, 9.17) is 11.6 Å². The molecule has 0 amide bonds. The lowest BCUT2D eigenvalue weighted by Gasteiger charge is -2.10. The van der Waals surface area contributed by atoms with Gasteiger partial charge in [0.1, 0.15) is 5.02 Å². The first-order valence-corrected chi connectivity index (χ1v) is 5.98. The zero-order valence-electron chi connectivity index (χ0n) is 10.2. The first-order chi connectivity index (χ1) is 9.08. The van der Waals surface area contributed by atoms with E-state index in [1.807, 2.05) is 0 Å². The van der Waals surface area contributed by atoms with Gasteiger partial charge in [0, 0.05) is 24.5 Å². The van der Waals surface area contributed by atoms with Gasteiger partial charge in [-0.3, -0.25) is 14.8 Å². The van der Waals surface area contributed by atoms with Crippen LogP contribution in [-0.2, 0) is 6.54 Å². The van der Waals surface area contributed by atoms with Crippen LogP contribution in [-0.4, -0.2) is 26.5 Å². The minimum Gasteiger partial charge on any atom is -0.383 e. The van der Waals surface area contributed by atoms with E-state index in [2.05, 4.69) is 15.6 Å². The molecule has 0 aliphatic heterocycles. The number of aromatic nitrogens is 3. The molecular formula is C11H12ClN5O2. The number of halogens is 1. The van der Waals surface area contributed by atoms with Crippen molar-refractivity contribution >= 4 is 23.0 Å². The highest BCUT2D eigenvalue weighted by atomic mass is 35.5. The van der Waals surface area contributed by atoms with Crippen molar-refractivity contribution in [2.75, 3.05) is 11.9 Å². The van der Waals surface area contributed by atoms with Crippen LogP contribution in [0.5, 0.6) is 0 Å². The second-order valence-corrected chi connectivity index (χ2v) is 4.38. The predicted molar refractivity (Wildman–Crippen MR) is 71.4 cm³/mol. The third-order valence-electron chi connectivity index (χ3n) is 2.62. The Bertz CT molecular complexity index is 585. The van der Waals surface area contributed by atoms with Crippen LogP contribution in [0.1, 0.15) is 5.56 Å². The molecule has 0 aliphatic rings. The van der Waals surface area contributed by atoms with Crippen molar-refractivity contribution in [1.29, 1.82) is 0 Å². The maximum Gasteiger partial charge on any atom is 0.288 e. The third kappa shape index (κ3) is 3.19. The van der Waals surface area contributed by atoms with Gasteiger partial charge < -0.3 is 5.32 Å². The molecule has 0 bridgehead atoms. The number of rotatable bonds is 5. The standard InChI is InChI=1S/C11H12ClN5O2/c1-8-6-11(17(18)19)9(12)7-10(8)13-2-4-16-5-3-14-15-16/h3,5-7,13H,2,4H2,1H3. The Morgan fingerprint density at radius 1 is 1.53 bits per heavy atom. The molecule has 1 aromatic heterocycles. The highest BCUT2D eigenvalue weighted by Crippen LogP contribution is 2.30. The van der Waals surface area contributed by atoms with E-state index in [-0.39, 0.29) is 10.7 Å². The molecule has 7 nitrogen and oxygen atoms in total. The van der Waals surface area contributed by atoms with Crippen molar-refractivity contribution in [3.63, 3.8) is 0 Å². The van der Waals surface area contributed by atoms with Gasteiger partial charge >= 0.3 is 0 Å². The lowest BCUT2D eigenvalue weighted by molar-refractivity contribution is -0.384. The van der Waals surface area contributed by atoms with Crippen LogP contribution in [0.15, 0.2) is 24.5 Å². The molecule has 0 saturated carbocycles. The molecule has 1 N–H and O–H groups in total. The molecule has 1 aromatic carbocycles. The highest BCUT2D eigenvalue weighted by Gasteiger charge is 2.14. The van der Waals surface area contributed by atoms with Gasteiger partial charge in [0.05, 0.1) is 17.7 Å². The van der Waals surface area contributed by atoms with E-state index < -0.39 is 4.92 Å². The van der Waals surface area contributed by atoms with Gasteiger partial charge in [-0.15, -0.1) is 5.10 Å². The molecule has 19 heavy (non-hydrogen) atoms. The average molecular weight is 282 g/mol. The molecule has 0 saturated heterocycles. The van der Waals surface area contributed by atoms with Crippen molar-refractivity contribution in [1.82, 2.24) is 15.0 Å². The van der Waals surface area contributed by atoms with Crippen molar-refractivity contribution in [2.45, 2.75) is 13.5 Å². The van der Waals surface area contributed by atoms with Crippen LogP contribution in [0, 0.1) is 17.0 Å². The number of nitro benzene ring substituents is 1. The lowest BCUT2D eigenvalue weighted by Crippen LogP contribution is -2.11. The number of nitrogens with zero attached hydrogens (tertiary/aromatic N) is 4. The molecule has 0 fully saturated rings. The smallest absolute Gasteiger partial charge is 0.288 e. The summed E-state index contributed by atoms with van der Waals surface area (Å²) >= 11 is 5.87. The van der Waals surface area contributed by atoms with Gasteiger partial charge in [-0.2, -0.15) is 0 Å². The summed E-state index contributed by atoms with van der Waals surface area (Å²) in [7, 11) is 0. The summed E-state index contributed by atoms with van der Waals surface area (Å²) in [4.78, 5) is 10.2. The van der Waals surface area contributed by atoms with Crippen LogP contribution < -0.4 is 5.32 Å². The van der Waals surface area contributed by atoms with Gasteiger partial charge in [0.25, 0.3) is 5.69 Å². The molecule has 2 rings (SSSR count). The number of aryl methyl sites for hydroxylation is 1. The van der Waals surface area contributed by atoms with Gasteiger partial charge in [0.15, 0.2) is 0 Å². The molecule has 0 radical (unpaired) electrons. The molecule has 0 aliphatic carbocycles. The zero-order chi connectivity index (χ0) is 13.8. The SMILES string of the molecule is Cc1cc([N+](=O)[O-])c(Cl)cc1NCCn1ccnn1. The number of benzene rings is 1. The van der Waals surface area contributed by atoms with E-state index in [0.717, 1.165) is 11.3 Å². The number of hydrogen-bond donors (Lipinski definition) is 1. The minimum atomic E-state index is -0.492. The summed E-state index contributed by atoms with van der Waals surface area (Å²) in [5.41, 5.74) is 1.46. The van der Waals surface area contributed by atoms with E-state index in [9.17, 15) is 10.1 Å². The quantitative estimate of drug-likeness (QED) is 0.671. The van der Waals surface area contributed by atoms with Crippen molar-refractivity contribution in [3.05, 3.63) is 45.2 Å². The van der Waals surface area contributed by atoms with Gasteiger partial charge in [-0.25, -0.2) is 0 Å². The van der Waals surface area contributed by atoms with Gasteiger partial charge in [0.2, 0.25) is 0 Å². The maximum absolute atomic E-state index is 10.7. The van der Waals surface area contributed by atoms with Gasteiger partial charge in [-0.05, 0) is 18.6 Å². The number of anilines is 1. The highest BCUT2D eigenvalue weighted by molar-refractivity contribution is 6.33. The lowest BCUT2D eigenvalue weighted by atomic mass is 10.2. The summed E-state index contributed by atoms with van der Waals surface area (Å²) in [6.07, 6.45) is 3.37. The molecular weight excluding hydrogens is 270 g/mol. The zero-order valence-corrected chi connectivity index (χ0v) is 11.0. The van der Waals surface area contributed by atoms with E-state index in [1.165, 1.54) is 6.07 Å². The Morgan fingerprint density at radius 3 is 2.95 bits per heavy atom. The van der Waals surface area contributed by atoms with Crippen LogP contribution in [0.4, 0.5) is 11.4 Å². The first-order valence-electron chi connectivity index (χ1n) is 5.60. The summed E-state index contributed by atoms with van der Waals surface area (Å²) < 4.78 is 1.69. The average Bonchev–Trinajstić information content (AvgIpc) is 2.85. The van der Waals surface area contributed by atoms with Crippen LogP contribution >= 0.6 is 11.6 Å². The monoisotopic (exact) mass is 281 g/mol. The van der Waals surface area contributed by atoms with E-state index >= 15 is 0 Å². The molecule has 2 aromatic rings. The number of nitrogens with one attached hydrogen (secondary N) is 1.